The number of methoxy groups -OCH3 is 1. The number of aryl methyl sites for hydroxylation is 1. The zero-order chi connectivity index (χ0) is 28.2. The van der Waals surface area contributed by atoms with Gasteiger partial charge in [-0.3, -0.25) is 10.1 Å². The lowest BCUT2D eigenvalue weighted by molar-refractivity contribution is -0.111. The fourth-order valence-corrected chi connectivity index (χ4v) is 3.91. The average Bonchev–Trinajstić information content (AvgIpc) is 2.92. The number of nitrogen functional groups attached to an aromatic ring is 1. The Bertz CT molecular complexity index is 1280. The molecule has 0 spiro atoms. The molecule has 5 N–H and O–H groups in total. The maximum absolute atomic E-state index is 12.9. The Balaban J connectivity index is 1.73. The van der Waals surface area contributed by atoms with Gasteiger partial charge in [-0.25, -0.2) is 4.79 Å². The first-order valence-corrected chi connectivity index (χ1v) is 12.7. The van der Waals surface area contributed by atoms with Gasteiger partial charge < -0.3 is 30.4 Å². The van der Waals surface area contributed by atoms with Gasteiger partial charge in [-0.15, -0.1) is 0 Å². The van der Waals surface area contributed by atoms with E-state index in [2.05, 4.69) is 10.6 Å². The minimum atomic E-state index is -0.849. The Morgan fingerprint density at radius 3 is 2.46 bits per heavy atom. The Labute approximate surface area is 228 Å². The van der Waals surface area contributed by atoms with E-state index in [9.17, 15) is 14.7 Å². The number of carbonyl (C=O) groups is 2. The first kappa shape index (κ1) is 29.1. The summed E-state index contributed by atoms with van der Waals surface area (Å²) in [5, 5.41) is 15.9. The molecule has 9 heteroatoms. The number of hydrogen-bond acceptors (Lipinski definition) is 7. The molecule has 0 unspecified atom stereocenters. The molecule has 0 heterocycles. The van der Waals surface area contributed by atoms with Gasteiger partial charge in [0.25, 0.3) is 0 Å². The van der Waals surface area contributed by atoms with Crippen molar-refractivity contribution in [1.29, 1.82) is 0 Å². The maximum Gasteiger partial charge on any atom is 0.412 e. The monoisotopic (exact) mass is 533 g/mol. The molecule has 206 valence electrons. The number of nitrogens with two attached hydrogens (primary N) is 1. The Kier molecular flexibility index (Phi) is 10.8. The van der Waals surface area contributed by atoms with Gasteiger partial charge in [-0.05, 0) is 74.7 Å². The largest absolute Gasteiger partial charge is 0.504 e. The summed E-state index contributed by atoms with van der Waals surface area (Å²) in [6.45, 7) is 4.16. The smallest absolute Gasteiger partial charge is 0.412 e. The summed E-state index contributed by atoms with van der Waals surface area (Å²) in [6, 6.07) is 19.1. The Morgan fingerprint density at radius 1 is 1.05 bits per heavy atom. The number of rotatable bonds is 12. The summed E-state index contributed by atoms with van der Waals surface area (Å²) >= 11 is 0. The number of nitrogens with one attached hydrogen (secondary N) is 2. The average molecular weight is 534 g/mol. The van der Waals surface area contributed by atoms with E-state index in [-0.39, 0.29) is 11.7 Å². The second-order valence-corrected chi connectivity index (χ2v) is 8.80. The van der Waals surface area contributed by atoms with Gasteiger partial charge in [0.05, 0.1) is 24.6 Å². The number of phenolic OH excluding ortho intramolecular Hbond substituents is 1. The third kappa shape index (κ3) is 8.79. The summed E-state index contributed by atoms with van der Waals surface area (Å²) in [4.78, 5) is 25.2. The van der Waals surface area contributed by atoms with E-state index in [4.69, 9.17) is 19.9 Å². The van der Waals surface area contributed by atoms with Gasteiger partial charge in [0.2, 0.25) is 5.91 Å². The lowest BCUT2D eigenvalue weighted by Crippen LogP contribution is -2.29. The van der Waals surface area contributed by atoms with Crippen LogP contribution in [0.1, 0.15) is 37.0 Å². The van der Waals surface area contributed by atoms with Crippen molar-refractivity contribution in [3.05, 3.63) is 90.0 Å². The number of aromatic hydroxyl groups is 1. The van der Waals surface area contributed by atoms with Gasteiger partial charge in [-0.1, -0.05) is 42.0 Å². The van der Waals surface area contributed by atoms with Crippen molar-refractivity contribution in [2.45, 2.75) is 38.9 Å². The molecule has 0 bridgehead atoms. The molecule has 0 aliphatic carbocycles. The highest BCUT2D eigenvalue weighted by Gasteiger charge is 2.28. The molecule has 0 saturated heterocycles. The van der Waals surface area contributed by atoms with Crippen LogP contribution in [0, 0.1) is 6.92 Å². The lowest BCUT2D eigenvalue weighted by atomic mass is 9.99. The van der Waals surface area contributed by atoms with Gasteiger partial charge >= 0.3 is 6.09 Å². The highest BCUT2D eigenvalue weighted by molar-refractivity contribution is 6.01. The number of amides is 2. The maximum atomic E-state index is 12.9. The quantitative estimate of drug-likeness (QED) is 0.167. The van der Waals surface area contributed by atoms with E-state index in [1.807, 2.05) is 26.0 Å². The van der Waals surface area contributed by atoms with Crippen LogP contribution in [0.4, 0.5) is 21.9 Å². The number of anilines is 3. The predicted molar refractivity (Wildman–Crippen MR) is 152 cm³/mol. The molecule has 0 fully saturated rings. The van der Waals surface area contributed by atoms with E-state index in [0.717, 1.165) is 5.56 Å². The molecule has 3 aromatic rings. The summed E-state index contributed by atoms with van der Waals surface area (Å²) in [6.07, 6.45) is 1.95. The SMILES string of the molecule is CCO[C@H](CC/C=C/C(=O)Nc1ccccc1N)[C@H](OC(=O)Nc1ccc(C)cc1)c1ccc(OC)c(O)c1. The standard InChI is InChI=1S/C30H35N3O6/c1-4-38-27(11-7-8-12-28(35)33-24-10-6-5-9-23(24)31)29(21-15-18-26(37-3)25(34)19-21)39-30(36)32-22-16-13-20(2)14-17-22/h5-6,8-10,12-19,27,29,34H,4,7,11,31H2,1-3H3,(H,32,36)(H,33,35)/b12-8+/t27-,29-/m1/s1. The lowest BCUT2D eigenvalue weighted by Gasteiger charge is -2.27. The number of hydrogen-bond donors (Lipinski definition) is 4. The summed E-state index contributed by atoms with van der Waals surface area (Å²) in [5.74, 6) is -0.108. The highest BCUT2D eigenvalue weighted by atomic mass is 16.6. The van der Waals surface area contributed by atoms with Crippen molar-refractivity contribution < 1.29 is 28.9 Å². The van der Waals surface area contributed by atoms with Crippen LogP contribution in [0.25, 0.3) is 0 Å². The number of carbonyl (C=O) groups excluding carboxylic acids is 2. The molecule has 3 aromatic carbocycles. The van der Waals surface area contributed by atoms with Crippen molar-refractivity contribution in [3.8, 4) is 11.5 Å². The zero-order valence-electron chi connectivity index (χ0n) is 22.3. The van der Waals surface area contributed by atoms with Crippen LogP contribution < -0.4 is 21.1 Å². The van der Waals surface area contributed by atoms with Gasteiger partial charge in [0, 0.05) is 12.3 Å². The van der Waals surface area contributed by atoms with Crippen molar-refractivity contribution in [2.75, 3.05) is 30.1 Å². The predicted octanol–water partition coefficient (Wildman–Crippen LogP) is 5.96. The number of benzene rings is 3. The van der Waals surface area contributed by atoms with Crippen molar-refractivity contribution in [1.82, 2.24) is 0 Å². The van der Waals surface area contributed by atoms with Crippen LogP contribution in [0.2, 0.25) is 0 Å². The second kappa shape index (κ2) is 14.4. The molecular weight excluding hydrogens is 498 g/mol. The van der Waals surface area contributed by atoms with Crippen LogP contribution in [0.15, 0.2) is 78.9 Å². The second-order valence-electron chi connectivity index (χ2n) is 8.80. The van der Waals surface area contributed by atoms with E-state index in [1.54, 1.807) is 54.6 Å². The van der Waals surface area contributed by atoms with Crippen molar-refractivity contribution in [2.24, 2.45) is 0 Å². The fourth-order valence-electron chi connectivity index (χ4n) is 3.91. The fraction of sp³-hybridized carbons (Fsp3) is 0.267. The molecular formula is C30H35N3O6. The van der Waals surface area contributed by atoms with Gasteiger partial charge in [0.1, 0.15) is 0 Å². The first-order valence-electron chi connectivity index (χ1n) is 12.7. The van der Waals surface area contributed by atoms with E-state index in [1.165, 1.54) is 19.3 Å². The minimum absolute atomic E-state index is 0.0884. The van der Waals surface area contributed by atoms with Crippen LogP contribution in [0.3, 0.4) is 0 Å². The zero-order valence-corrected chi connectivity index (χ0v) is 22.3. The topological polar surface area (TPSA) is 132 Å². The van der Waals surface area contributed by atoms with Crippen LogP contribution >= 0.6 is 0 Å². The summed E-state index contributed by atoms with van der Waals surface area (Å²) < 4.78 is 17.0. The Hall–Kier alpha value is -4.50. The number of para-hydroxylation sites is 2. The molecule has 2 amide bonds. The number of phenols is 1. The molecule has 0 aromatic heterocycles. The first-order chi connectivity index (χ1) is 18.8. The molecule has 9 nitrogen and oxygen atoms in total. The molecule has 2 atom stereocenters. The van der Waals surface area contributed by atoms with Crippen LogP contribution in [0.5, 0.6) is 11.5 Å². The van der Waals surface area contributed by atoms with Gasteiger partial charge in [0.15, 0.2) is 17.6 Å². The third-order valence-electron chi connectivity index (χ3n) is 5.89. The molecule has 0 saturated carbocycles. The van der Waals surface area contributed by atoms with Crippen LogP contribution in [-0.4, -0.2) is 36.9 Å². The van der Waals surface area contributed by atoms with E-state index < -0.39 is 18.3 Å². The number of allylic oxidation sites excluding steroid dienone is 1. The van der Waals surface area contributed by atoms with E-state index in [0.29, 0.717) is 47.8 Å². The van der Waals surface area contributed by atoms with E-state index >= 15 is 0 Å². The van der Waals surface area contributed by atoms with Crippen molar-refractivity contribution in [3.63, 3.8) is 0 Å². The third-order valence-corrected chi connectivity index (χ3v) is 5.89. The normalized spacial score (nSPS) is 12.5. The summed E-state index contributed by atoms with van der Waals surface area (Å²) in [7, 11) is 1.45. The number of ether oxygens (including phenoxy) is 3. The van der Waals surface area contributed by atoms with Crippen molar-refractivity contribution >= 4 is 29.1 Å². The Morgan fingerprint density at radius 2 is 1.79 bits per heavy atom. The molecule has 3 rings (SSSR count). The highest BCUT2D eigenvalue weighted by Crippen LogP contribution is 2.34. The molecule has 39 heavy (non-hydrogen) atoms. The molecule has 0 radical (unpaired) electrons. The molecule has 0 aliphatic heterocycles. The van der Waals surface area contributed by atoms with Gasteiger partial charge in [-0.2, -0.15) is 0 Å². The molecule has 0 aliphatic rings. The summed E-state index contributed by atoms with van der Waals surface area (Å²) in [5.41, 5.74) is 9.07. The van der Waals surface area contributed by atoms with Crippen LogP contribution in [-0.2, 0) is 14.3 Å². The minimum Gasteiger partial charge on any atom is -0.504 e.